The lowest BCUT2D eigenvalue weighted by molar-refractivity contribution is -0.568. The van der Waals surface area contributed by atoms with Gasteiger partial charge >= 0.3 is 5.97 Å². The van der Waals surface area contributed by atoms with Gasteiger partial charge in [-0.3, -0.25) is 0 Å². The van der Waals surface area contributed by atoms with Gasteiger partial charge in [0.15, 0.2) is 0 Å². The van der Waals surface area contributed by atoms with Crippen LogP contribution < -0.4 is 5.73 Å². The zero-order valence-electron chi connectivity index (χ0n) is 8.52. The van der Waals surface area contributed by atoms with Gasteiger partial charge in [0.2, 0.25) is 0 Å². The first kappa shape index (κ1) is 11.8. The molecule has 1 heterocycles. The van der Waals surface area contributed by atoms with E-state index in [-0.39, 0.29) is 6.04 Å². The molecule has 0 saturated carbocycles. The summed E-state index contributed by atoms with van der Waals surface area (Å²) in [7, 11) is 0. The first-order valence-electron chi connectivity index (χ1n) is 4.73. The number of nitrogens with two attached hydrogens (primary N) is 1. The van der Waals surface area contributed by atoms with Crippen LogP contribution in [0.4, 0.5) is 0 Å². The Morgan fingerprint density at radius 3 is 2.21 bits per heavy atom. The molecule has 1 aliphatic rings. The van der Waals surface area contributed by atoms with Crippen molar-refractivity contribution in [3.05, 3.63) is 0 Å². The fraction of sp³-hybridized carbons (Fsp3) is 1.00. The normalized spacial score (nSPS) is 25.5. The second-order valence-corrected chi connectivity index (χ2v) is 2.94. The van der Waals surface area contributed by atoms with Gasteiger partial charge in [-0.25, -0.2) is 9.78 Å². The minimum atomic E-state index is -1.30. The molecule has 1 aliphatic heterocycles. The fourth-order valence-corrected chi connectivity index (χ4v) is 1.10. The Morgan fingerprint density at radius 2 is 1.86 bits per heavy atom. The van der Waals surface area contributed by atoms with Crippen LogP contribution in [-0.2, 0) is 24.3 Å². The third-order valence-electron chi connectivity index (χ3n) is 1.64. The number of ether oxygens (including phenoxy) is 1. The van der Waals surface area contributed by atoms with Gasteiger partial charge in [-0.15, -0.1) is 0 Å². The lowest BCUT2D eigenvalue weighted by atomic mass is 10.2. The molecule has 0 radical (unpaired) electrons. The summed E-state index contributed by atoms with van der Waals surface area (Å²) >= 11 is 0. The van der Waals surface area contributed by atoms with Crippen molar-refractivity contribution in [2.24, 2.45) is 5.73 Å². The molecular weight excluding hydrogens is 190 g/mol. The Morgan fingerprint density at radius 1 is 1.29 bits per heavy atom. The van der Waals surface area contributed by atoms with E-state index >= 15 is 0 Å². The standard InChI is InChI=1S/C8H17NO5/c1-3-11-13-8(14-12-4-2)5-7(9)6-10-8/h7H,3-6,9H2,1-2H3. The van der Waals surface area contributed by atoms with Crippen LogP contribution in [0.3, 0.4) is 0 Å². The highest BCUT2D eigenvalue weighted by Gasteiger charge is 2.44. The van der Waals surface area contributed by atoms with E-state index in [1.54, 1.807) is 13.8 Å². The van der Waals surface area contributed by atoms with E-state index in [0.717, 1.165) is 0 Å². The highest BCUT2D eigenvalue weighted by molar-refractivity contribution is 4.74. The molecule has 0 aliphatic carbocycles. The highest BCUT2D eigenvalue weighted by atomic mass is 17.3. The summed E-state index contributed by atoms with van der Waals surface area (Å²) in [5, 5.41) is 0. The van der Waals surface area contributed by atoms with Gasteiger partial charge in [-0.1, -0.05) is 0 Å². The monoisotopic (exact) mass is 207 g/mol. The zero-order valence-corrected chi connectivity index (χ0v) is 8.52. The van der Waals surface area contributed by atoms with Crippen LogP contribution >= 0.6 is 0 Å². The zero-order chi connectivity index (χ0) is 10.4. The molecule has 1 rings (SSSR count). The average Bonchev–Trinajstić information content (AvgIpc) is 2.55. The lowest BCUT2D eigenvalue weighted by Gasteiger charge is -2.24. The first-order chi connectivity index (χ1) is 6.72. The number of hydrogen-bond acceptors (Lipinski definition) is 6. The van der Waals surface area contributed by atoms with Gasteiger partial charge in [-0.2, -0.15) is 9.78 Å². The molecule has 1 unspecified atom stereocenters. The summed E-state index contributed by atoms with van der Waals surface area (Å²) in [5.74, 6) is -1.30. The third-order valence-corrected chi connectivity index (χ3v) is 1.64. The molecule has 6 nitrogen and oxygen atoms in total. The van der Waals surface area contributed by atoms with Crippen molar-refractivity contribution in [2.45, 2.75) is 32.3 Å². The summed E-state index contributed by atoms with van der Waals surface area (Å²) in [6.07, 6.45) is 0.382. The van der Waals surface area contributed by atoms with E-state index in [0.29, 0.717) is 26.2 Å². The maximum atomic E-state index is 5.66. The molecule has 1 atom stereocenters. The van der Waals surface area contributed by atoms with E-state index in [1.807, 2.05) is 0 Å². The van der Waals surface area contributed by atoms with Crippen molar-refractivity contribution in [1.29, 1.82) is 0 Å². The third kappa shape index (κ3) is 3.16. The Hall–Kier alpha value is -0.240. The number of rotatable bonds is 6. The average molecular weight is 207 g/mol. The van der Waals surface area contributed by atoms with Gasteiger partial charge < -0.3 is 10.5 Å². The molecule has 2 N–H and O–H groups in total. The molecule has 0 amide bonds. The van der Waals surface area contributed by atoms with Crippen molar-refractivity contribution >= 4 is 0 Å². The van der Waals surface area contributed by atoms with Crippen LogP contribution in [-0.4, -0.2) is 31.8 Å². The predicted octanol–water partition coefficient (Wildman–Crippen LogP) is 0.324. The molecule has 1 saturated heterocycles. The van der Waals surface area contributed by atoms with Crippen LogP contribution in [0.15, 0.2) is 0 Å². The molecule has 6 heteroatoms. The summed E-state index contributed by atoms with van der Waals surface area (Å²) in [5.41, 5.74) is 5.66. The molecule has 0 bridgehead atoms. The SMILES string of the molecule is CCOOC1(OOCC)CC(N)CO1. The van der Waals surface area contributed by atoms with Crippen molar-refractivity contribution in [1.82, 2.24) is 0 Å². The number of hydrogen-bond donors (Lipinski definition) is 1. The van der Waals surface area contributed by atoms with Gasteiger partial charge in [0.25, 0.3) is 0 Å². The molecule has 0 aromatic rings. The van der Waals surface area contributed by atoms with Crippen LogP contribution in [0.25, 0.3) is 0 Å². The predicted molar refractivity (Wildman–Crippen MR) is 46.7 cm³/mol. The van der Waals surface area contributed by atoms with Crippen molar-refractivity contribution in [2.75, 3.05) is 19.8 Å². The Bertz CT molecular complexity index is 158. The Labute approximate surface area is 83.1 Å². The minimum Gasteiger partial charge on any atom is -0.325 e. The van der Waals surface area contributed by atoms with Crippen LogP contribution in [0, 0.1) is 0 Å². The minimum absolute atomic E-state index is 0.129. The van der Waals surface area contributed by atoms with E-state index in [2.05, 4.69) is 0 Å². The van der Waals surface area contributed by atoms with E-state index < -0.39 is 5.97 Å². The molecule has 84 valence electrons. The van der Waals surface area contributed by atoms with Crippen LogP contribution in [0.5, 0.6) is 0 Å². The maximum Gasteiger partial charge on any atom is 0.341 e. The van der Waals surface area contributed by atoms with E-state index in [9.17, 15) is 0 Å². The maximum absolute atomic E-state index is 5.66. The topological polar surface area (TPSA) is 72.2 Å². The summed E-state index contributed by atoms with van der Waals surface area (Å²) in [4.78, 5) is 19.5. The van der Waals surface area contributed by atoms with Gasteiger partial charge in [0, 0.05) is 6.04 Å². The van der Waals surface area contributed by atoms with E-state index in [4.69, 9.17) is 30.0 Å². The summed E-state index contributed by atoms with van der Waals surface area (Å²) < 4.78 is 5.24. The van der Waals surface area contributed by atoms with Crippen LogP contribution in [0.2, 0.25) is 0 Å². The Kier molecular flexibility index (Phi) is 4.73. The van der Waals surface area contributed by atoms with Gasteiger partial charge in [-0.05, 0) is 13.8 Å². The molecule has 0 aromatic carbocycles. The molecule has 0 spiro atoms. The van der Waals surface area contributed by atoms with Crippen LogP contribution in [0.1, 0.15) is 20.3 Å². The summed E-state index contributed by atoms with van der Waals surface area (Å²) in [6.45, 7) is 4.75. The molecular formula is C8H17NO5. The quantitative estimate of drug-likeness (QED) is 0.384. The largest absolute Gasteiger partial charge is 0.341 e. The fourth-order valence-electron chi connectivity index (χ4n) is 1.10. The Balaban J connectivity index is 2.42. The smallest absolute Gasteiger partial charge is 0.325 e. The van der Waals surface area contributed by atoms with Gasteiger partial charge in [0.05, 0.1) is 26.2 Å². The molecule has 1 fully saturated rings. The first-order valence-corrected chi connectivity index (χ1v) is 4.73. The second kappa shape index (κ2) is 5.59. The molecule has 0 aromatic heterocycles. The van der Waals surface area contributed by atoms with E-state index in [1.165, 1.54) is 0 Å². The van der Waals surface area contributed by atoms with Gasteiger partial charge in [0.1, 0.15) is 0 Å². The lowest BCUT2D eigenvalue weighted by Crippen LogP contribution is -2.36. The highest BCUT2D eigenvalue weighted by Crippen LogP contribution is 2.28. The summed E-state index contributed by atoms with van der Waals surface area (Å²) in [6, 6.07) is -0.129. The molecule has 14 heavy (non-hydrogen) atoms. The van der Waals surface area contributed by atoms with Crippen molar-refractivity contribution < 1.29 is 24.3 Å². The van der Waals surface area contributed by atoms with Crippen molar-refractivity contribution in [3.8, 4) is 0 Å². The van der Waals surface area contributed by atoms with Crippen molar-refractivity contribution in [3.63, 3.8) is 0 Å². The second-order valence-electron chi connectivity index (χ2n) is 2.94.